The van der Waals surface area contributed by atoms with Crippen LogP contribution in [0, 0.1) is 0 Å². The summed E-state index contributed by atoms with van der Waals surface area (Å²) in [6.45, 7) is 3.65. The van der Waals surface area contributed by atoms with E-state index in [1.54, 1.807) is 12.3 Å². The summed E-state index contributed by atoms with van der Waals surface area (Å²) in [5.74, 6) is 4.74. The summed E-state index contributed by atoms with van der Waals surface area (Å²) >= 11 is 0. The lowest BCUT2D eigenvalue weighted by Crippen LogP contribution is -2.36. The van der Waals surface area contributed by atoms with Gasteiger partial charge in [-0.15, -0.1) is 0 Å². The topological polar surface area (TPSA) is 80.5 Å². The van der Waals surface area contributed by atoms with Crippen LogP contribution in [0.1, 0.15) is 29.4 Å². The van der Waals surface area contributed by atoms with E-state index in [9.17, 15) is 4.79 Å². The lowest BCUT2D eigenvalue weighted by Gasteiger charge is -2.26. The molecule has 1 aromatic rings. The Balaban J connectivity index is 1.97. The molecule has 1 aliphatic heterocycles. The Morgan fingerprint density at radius 1 is 1.63 bits per heavy atom. The molecular weight excluding hydrogens is 244 g/mol. The van der Waals surface area contributed by atoms with E-state index in [1.807, 2.05) is 6.07 Å². The average Bonchev–Trinajstić information content (AvgIpc) is 2.85. The number of nitrogens with one attached hydrogen (secondary N) is 1. The Hall–Kier alpha value is -1.50. The molecule has 0 saturated carbocycles. The first-order valence-corrected chi connectivity index (χ1v) is 6.39. The SMILES string of the molecule is CC1OCCC1N(C)Cc1ccc(C(=O)NN)cn1. The summed E-state index contributed by atoms with van der Waals surface area (Å²) in [4.78, 5) is 17.8. The molecule has 0 radical (unpaired) electrons. The van der Waals surface area contributed by atoms with Crippen molar-refractivity contribution in [3.8, 4) is 0 Å². The van der Waals surface area contributed by atoms with Crippen LogP contribution in [0.5, 0.6) is 0 Å². The van der Waals surface area contributed by atoms with Gasteiger partial charge in [0, 0.05) is 25.4 Å². The third-order valence-corrected chi connectivity index (χ3v) is 3.53. The van der Waals surface area contributed by atoms with Crippen molar-refractivity contribution in [3.05, 3.63) is 29.6 Å². The minimum absolute atomic E-state index is 0.257. The van der Waals surface area contributed by atoms with Crippen molar-refractivity contribution in [2.24, 2.45) is 5.84 Å². The fourth-order valence-electron chi connectivity index (χ4n) is 2.41. The average molecular weight is 264 g/mol. The molecule has 0 aliphatic carbocycles. The molecule has 2 rings (SSSR count). The molecule has 1 aromatic heterocycles. The van der Waals surface area contributed by atoms with Gasteiger partial charge in [-0.2, -0.15) is 0 Å². The van der Waals surface area contributed by atoms with Gasteiger partial charge in [0.1, 0.15) is 0 Å². The Labute approximate surface area is 112 Å². The maximum atomic E-state index is 11.3. The quantitative estimate of drug-likeness (QED) is 0.464. The maximum absolute atomic E-state index is 11.3. The number of nitrogens with two attached hydrogens (primary N) is 1. The molecule has 104 valence electrons. The molecule has 19 heavy (non-hydrogen) atoms. The van der Waals surface area contributed by atoms with Gasteiger partial charge in [0.05, 0.1) is 17.4 Å². The standard InChI is InChI=1S/C13H20N4O2/c1-9-12(5-6-19-9)17(2)8-11-4-3-10(7-15-11)13(18)16-14/h3-4,7,9,12H,5-6,8,14H2,1-2H3,(H,16,18). The van der Waals surface area contributed by atoms with Crippen LogP contribution in [-0.2, 0) is 11.3 Å². The highest BCUT2D eigenvalue weighted by Crippen LogP contribution is 2.19. The molecule has 2 heterocycles. The van der Waals surface area contributed by atoms with Gasteiger partial charge in [-0.05, 0) is 32.5 Å². The first kappa shape index (κ1) is 13.9. The molecule has 2 unspecified atom stereocenters. The number of rotatable bonds is 4. The number of pyridine rings is 1. The molecule has 6 heteroatoms. The zero-order valence-electron chi connectivity index (χ0n) is 11.3. The van der Waals surface area contributed by atoms with Crippen molar-refractivity contribution < 1.29 is 9.53 Å². The minimum Gasteiger partial charge on any atom is -0.377 e. The van der Waals surface area contributed by atoms with E-state index in [-0.39, 0.29) is 12.0 Å². The number of ether oxygens (including phenoxy) is 1. The summed E-state index contributed by atoms with van der Waals surface area (Å²) in [6.07, 6.45) is 2.85. The number of hydrogen-bond donors (Lipinski definition) is 2. The fraction of sp³-hybridized carbons (Fsp3) is 0.538. The van der Waals surface area contributed by atoms with Gasteiger partial charge in [0.2, 0.25) is 0 Å². The highest BCUT2D eigenvalue weighted by Gasteiger charge is 2.27. The first-order chi connectivity index (χ1) is 9.11. The molecule has 1 aliphatic rings. The molecule has 0 aromatic carbocycles. The largest absolute Gasteiger partial charge is 0.377 e. The molecule has 6 nitrogen and oxygen atoms in total. The molecule has 2 atom stereocenters. The van der Waals surface area contributed by atoms with Crippen LogP contribution in [0.25, 0.3) is 0 Å². The van der Waals surface area contributed by atoms with Crippen molar-refractivity contribution in [2.75, 3.05) is 13.7 Å². The van der Waals surface area contributed by atoms with Crippen LogP contribution in [0.4, 0.5) is 0 Å². The van der Waals surface area contributed by atoms with Crippen molar-refractivity contribution in [1.29, 1.82) is 0 Å². The third-order valence-electron chi connectivity index (χ3n) is 3.53. The monoisotopic (exact) mass is 264 g/mol. The summed E-state index contributed by atoms with van der Waals surface area (Å²) in [6, 6.07) is 4.00. The Morgan fingerprint density at radius 3 is 2.95 bits per heavy atom. The number of hydrogen-bond acceptors (Lipinski definition) is 5. The Bertz CT molecular complexity index is 435. The van der Waals surface area contributed by atoms with E-state index in [0.29, 0.717) is 11.6 Å². The zero-order chi connectivity index (χ0) is 13.8. The van der Waals surface area contributed by atoms with Gasteiger partial charge in [-0.25, -0.2) is 5.84 Å². The van der Waals surface area contributed by atoms with Gasteiger partial charge in [-0.3, -0.25) is 20.1 Å². The number of carbonyl (C=O) groups excluding carboxylic acids is 1. The van der Waals surface area contributed by atoms with Gasteiger partial charge in [-0.1, -0.05) is 0 Å². The number of nitrogens with zero attached hydrogens (tertiary/aromatic N) is 2. The maximum Gasteiger partial charge on any atom is 0.266 e. The van der Waals surface area contributed by atoms with Gasteiger partial charge in [0.15, 0.2) is 0 Å². The second kappa shape index (κ2) is 6.10. The van der Waals surface area contributed by atoms with E-state index >= 15 is 0 Å². The van der Waals surface area contributed by atoms with Crippen LogP contribution < -0.4 is 11.3 Å². The van der Waals surface area contributed by atoms with Crippen LogP contribution in [0.15, 0.2) is 18.3 Å². The van der Waals surface area contributed by atoms with Crippen LogP contribution in [-0.4, -0.2) is 41.6 Å². The lowest BCUT2D eigenvalue weighted by atomic mass is 10.1. The first-order valence-electron chi connectivity index (χ1n) is 6.39. The predicted molar refractivity (Wildman–Crippen MR) is 71.2 cm³/mol. The number of carbonyl (C=O) groups is 1. The summed E-state index contributed by atoms with van der Waals surface area (Å²) < 4.78 is 5.56. The number of likely N-dealkylation sites (N-methyl/N-ethyl adjacent to an activating group) is 1. The van der Waals surface area contributed by atoms with E-state index in [4.69, 9.17) is 10.6 Å². The zero-order valence-corrected chi connectivity index (χ0v) is 11.3. The third kappa shape index (κ3) is 3.28. The number of amides is 1. The summed E-state index contributed by atoms with van der Waals surface area (Å²) in [7, 11) is 2.07. The molecule has 3 N–H and O–H groups in total. The van der Waals surface area contributed by atoms with Crippen molar-refractivity contribution >= 4 is 5.91 Å². The number of aromatic nitrogens is 1. The predicted octanol–water partition coefficient (Wildman–Crippen LogP) is 0.294. The highest BCUT2D eigenvalue weighted by atomic mass is 16.5. The van der Waals surface area contributed by atoms with E-state index < -0.39 is 0 Å². The van der Waals surface area contributed by atoms with E-state index in [2.05, 4.69) is 29.3 Å². The number of nitrogen functional groups attached to an aromatic ring is 1. The fourth-order valence-corrected chi connectivity index (χ4v) is 2.41. The molecular formula is C13H20N4O2. The Kier molecular flexibility index (Phi) is 4.47. The molecule has 1 fully saturated rings. The van der Waals surface area contributed by atoms with Gasteiger partial charge in [0.25, 0.3) is 5.91 Å². The highest BCUT2D eigenvalue weighted by molar-refractivity contribution is 5.93. The molecule has 1 saturated heterocycles. The normalized spacial score (nSPS) is 22.7. The lowest BCUT2D eigenvalue weighted by molar-refractivity contribution is 0.0810. The molecule has 1 amide bonds. The molecule has 0 bridgehead atoms. The van der Waals surface area contributed by atoms with Crippen molar-refractivity contribution in [3.63, 3.8) is 0 Å². The van der Waals surface area contributed by atoms with Gasteiger partial charge < -0.3 is 4.74 Å². The smallest absolute Gasteiger partial charge is 0.266 e. The Morgan fingerprint density at radius 2 is 2.42 bits per heavy atom. The van der Waals surface area contributed by atoms with Gasteiger partial charge >= 0.3 is 0 Å². The molecule has 0 spiro atoms. The van der Waals surface area contributed by atoms with Crippen LogP contribution >= 0.6 is 0 Å². The van der Waals surface area contributed by atoms with Crippen molar-refractivity contribution in [2.45, 2.75) is 32.0 Å². The minimum atomic E-state index is -0.329. The second-order valence-electron chi connectivity index (χ2n) is 4.86. The van der Waals surface area contributed by atoms with E-state index in [1.165, 1.54) is 0 Å². The summed E-state index contributed by atoms with van der Waals surface area (Å²) in [5.41, 5.74) is 3.48. The van der Waals surface area contributed by atoms with Crippen LogP contribution in [0.3, 0.4) is 0 Å². The second-order valence-corrected chi connectivity index (χ2v) is 4.86. The van der Waals surface area contributed by atoms with E-state index in [0.717, 1.165) is 25.3 Å². The number of hydrazine groups is 1. The summed E-state index contributed by atoms with van der Waals surface area (Å²) in [5, 5.41) is 0. The van der Waals surface area contributed by atoms with Crippen molar-refractivity contribution in [1.82, 2.24) is 15.3 Å². The van der Waals surface area contributed by atoms with Crippen LogP contribution in [0.2, 0.25) is 0 Å².